The lowest BCUT2D eigenvalue weighted by molar-refractivity contribution is -0.892. The number of ether oxygens (including phenoxy) is 1. The minimum atomic E-state index is 0.154. The summed E-state index contributed by atoms with van der Waals surface area (Å²) in [6.45, 7) is 7.21. The van der Waals surface area contributed by atoms with E-state index in [-0.39, 0.29) is 5.91 Å². The van der Waals surface area contributed by atoms with Crippen LogP contribution in [0, 0.1) is 6.92 Å². The fourth-order valence-corrected chi connectivity index (χ4v) is 4.38. The molecular weight excluding hydrogens is 382 g/mol. The predicted molar refractivity (Wildman–Crippen MR) is 121 cm³/mol. The van der Waals surface area contributed by atoms with Gasteiger partial charge in [-0.05, 0) is 24.6 Å². The van der Waals surface area contributed by atoms with Crippen LogP contribution >= 0.6 is 11.8 Å². The highest BCUT2D eigenvalue weighted by molar-refractivity contribution is 7.98. The van der Waals surface area contributed by atoms with Gasteiger partial charge in [-0.1, -0.05) is 42.0 Å². The molecule has 1 amide bonds. The summed E-state index contributed by atoms with van der Waals surface area (Å²) in [5, 5.41) is 3.07. The number of aryl methyl sites for hydroxylation is 1. The molecule has 0 bridgehead atoms. The molecule has 2 aromatic carbocycles. The van der Waals surface area contributed by atoms with Crippen molar-refractivity contribution in [3.8, 4) is 5.75 Å². The van der Waals surface area contributed by atoms with Crippen LogP contribution in [-0.2, 0) is 10.5 Å². The van der Waals surface area contributed by atoms with Gasteiger partial charge in [0, 0.05) is 18.1 Å². The van der Waals surface area contributed by atoms with Gasteiger partial charge in [0.05, 0.1) is 39.0 Å². The van der Waals surface area contributed by atoms with Crippen molar-refractivity contribution in [3.63, 3.8) is 0 Å². The molecule has 0 saturated carbocycles. The first-order valence-electron chi connectivity index (χ1n) is 10.3. The quantitative estimate of drug-likeness (QED) is 0.614. The monoisotopic (exact) mass is 414 g/mol. The van der Waals surface area contributed by atoms with Crippen molar-refractivity contribution in [2.45, 2.75) is 12.7 Å². The average Bonchev–Trinajstić information content (AvgIpc) is 2.75. The van der Waals surface area contributed by atoms with Crippen molar-refractivity contribution in [1.82, 2.24) is 5.32 Å². The standard InChI is InChI=1S/C23H31N3O2S/c1-19-7-9-20(10-8-19)18-29-16-11-24-23(27)17-25-12-14-26(15-13-25)21-5-3-4-6-22(21)28-2/h3-10H,11-18H2,1-2H3,(H,24,27)/p+1. The molecule has 0 aromatic heterocycles. The number of piperazine rings is 1. The Morgan fingerprint density at radius 3 is 2.59 bits per heavy atom. The van der Waals surface area contributed by atoms with Gasteiger partial charge in [-0.25, -0.2) is 0 Å². The number of anilines is 1. The fraction of sp³-hybridized carbons (Fsp3) is 0.435. The number of methoxy groups -OCH3 is 1. The second-order valence-corrected chi connectivity index (χ2v) is 8.58. The zero-order valence-electron chi connectivity index (χ0n) is 17.4. The largest absolute Gasteiger partial charge is 0.495 e. The van der Waals surface area contributed by atoms with E-state index in [0.717, 1.165) is 55.7 Å². The number of hydrogen-bond acceptors (Lipinski definition) is 4. The Morgan fingerprint density at radius 1 is 1.14 bits per heavy atom. The van der Waals surface area contributed by atoms with E-state index in [0.29, 0.717) is 6.54 Å². The molecule has 0 spiro atoms. The molecule has 1 heterocycles. The molecule has 1 aliphatic heterocycles. The predicted octanol–water partition coefficient (Wildman–Crippen LogP) is 1.76. The number of nitrogens with zero attached hydrogens (tertiary/aromatic N) is 1. The third-order valence-electron chi connectivity index (χ3n) is 5.26. The van der Waals surface area contributed by atoms with Crippen LogP contribution in [0.4, 0.5) is 5.69 Å². The van der Waals surface area contributed by atoms with E-state index in [1.54, 1.807) is 7.11 Å². The molecule has 29 heavy (non-hydrogen) atoms. The molecule has 6 heteroatoms. The van der Waals surface area contributed by atoms with Crippen molar-refractivity contribution in [2.75, 3.05) is 57.0 Å². The summed E-state index contributed by atoms with van der Waals surface area (Å²) in [5.74, 6) is 3.00. The van der Waals surface area contributed by atoms with Gasteiger partial charge in [0.25, 0.3) is 5.91 Å². The normalized spacial score (nSPS) is 14.6. The number of carbonyl (C=O) groups excluding carboxylic acids is 1. The van der Waals surface area contributed by atoms with Crippen LogP contribution < -0.4 is 19.9 Å². The van der Waals surface area contributed by atoms with Crippen LogP contribution in [-0.4, -0.2) is 58.0 Å². The third kappa shape index (κ3) is 6.68. The summed E-state index contributed by atoms with van der Waals surface area (Å²) in [5.41, 5.74) is 3.77. The second kappa shape index (κ2) is 11.1. The molecule has 1 saturated heterocycles. The van der Waals surface area contributed by atoms with Crippen LogP contribution in [0.3, 0.4) is 0 Å². The third-order valence-corrected chi connectivity index (χ3v) is 6.30. The maximum atomic E-state index is 12.3. The number of nitrogens with one attached hydrogen (secondary N) is 2. The van der Waals surface area contributed by atoms with Crippen LogP contribution in [0.2, 0.25) is 0 Å². The molecule has 1 aliphatic rings. The second-order valence-electron chi connectivity index (χ2n) is 7.47. The number of benzene rings is 2. The van der Waals surface area contributed by atoms with Gasteiger partial charge in [-0.3, -0.25) is 4.79 Å². The van der Waals surface area contributed by atoms with E-state index in [1.165, 1.54) is 16.0 Å². The smallest absolute Gasteiger partial charge is 0.275 e. The number of quaternary nitrogens is 1. The van der Waals surface area contributed by atoms with E-state index < -0.39 is 0 Å². The van der Waals surface area contributed by atoms with Gasteiger partial charge in [0.15, 0.2) is 6.54 Å². The molecule has 0 atom stereocenters. The van der Waals surface area contributed by atoms with Gasteiger partial charge in [0.2, 0.25) is 0 Å². The van der Waals surface area contributed by atoms with E-state index in [9.17, 15) is 4.79 Å². The minimum absolute atomic E-state index is 0.154. The SMILES string of the molecule is COc1ccccc1N1CC[NH+](CC(=O)NCCSCc2ccc(C)cc2)CC1. The van der Waals surface area contributed by atoms with Crippen molar-refractivity contribution in [3.05, 3.63) is 59.7 Å². The molecular formula is C23H32N3O2S+. The Labute approximate surface area is 178 Å². The molecule has 2 N–H and O–H groups in total. The van der Waals surface area contributed by atoms with E-state index in [2.05, 4.69) is 47.5 Å². The van der Waals surface area contributed by atoms with E-state index in [1.807, 2.05) is 30.0 Å². The van der Waals surface area contributed by atoms with Crippen LogP contribution in [0.1, 0.15) is 11.1 Å². The van der Waals surface area contributed by atoms with Crippen molar-refractivity contribution < 1.29 is 14.4 Å². The van der Waals surface area contributed by atoms with Crippen LogP contribution in [0.5, 0.6) is 5.75 Å². The Bertz CT molecular complexity index is 774. The summed E-state index contributed by atoms with van der Waals surface area (Å²) in [7, 11) is 1.71. The number of carbonyl (C=O) groups is 1. The van der Waals surface area contributed by atoms with Gasteiger partial charge < -0.3 is 19.9 Å². The Balaban J connectivity index is 1.31. The molecule has 0 radical (unpaired) electrons. The van der Waals surface area contributed by atoms with Gasteiger partial charge in [-0.2, -0.15) is 11.8 Å². The van der Waals surface area contributed by atoms with Crippen molar-refractivity contribution in [2.24, 2.45) is 0 Å². The number of rotatable bonds is 9. The molecule has 1 fully saturated rings. The lowest BCUT2D eigenvalue weighted by Crippen LogP contribution is -3.16. The highest BCUT2D eigenvalue weighted by atomic mass is 32.2. The number of amides is 1. The summed E-state index contributed by atoms with van der Waals surface area (Å²) in [6, 6.07) is 16.8. The van der Waals surface area contributed by atoms with E-state index >= 15 is 0 Å². The van der Waals surface area contributed by atoms with Crippen LogP contribution in [0.15, 0.2) is 48.5 Å². The molecule has 0 aliphatic carbocycles. The minimum Gasteiger partial charge on any atom is -0.495 e. The maximum Gasteiger partial charge on any atom is 0.275 e. The highest BCUT2D eigenvalue weighted by Crippen LogP contribution is 2.27. The van der Waals surface area contributed by atoms with Crippen molar-refractivity contribution in [1.29, 1.82) is 0 Å². The Hall–Kier alpha value is -2.18. The number of thioether (sulfide) groups is 1. The Kier molecular flexibility index (Phi) is 8.25. The molecule has 156 valence electrons. The number of para-hydroxylation sites is 2. The highest BCUT2D eigenvalue weighted by Gasteiger charge is 2.23. The first-order valence-corrected chi connectivity index (χ1v) is 11.4. The molecule has 2 aromatic rings. The van der Waals surface area contributed by atoms with Crippen molar-refractivity contribution >= 4 is 23.4 Å². The Morgan fingerprint density at radius 2 is 1.86 bits per heavy atom. The summed E-state index contributed by atoms with van der Waals surface area (Å²) in [6.07, 6.45) is 0. The number of hydrogen-bond donors (Lipinski definition) is 2. The van der Waals surface area contributed by atoms with Gasteiger partial charge in [0.1, 0.15) is 5.75 Å². The van der Waals surface area contributed by atoms with Gasteiger partial charge in [-0.15, -0.1) is 0 Å². The zero-order chi connectivity index (χ0) is 20.5. The molecule has 0 unspecified atom stereocenters. The van der Waals surface area contributed by atoms with Crippen LogP contribution in [0.25, 0.3) is 0 Å². The summed E-state index contributed by atoms with van der Waals surface area (Å²) in [4.78, 5) is 16.0. The molecule has 3 rings (SSSR count). The summed E-state index contributed by atoms with van der Waals surface area (Å²) < 4.78 is 5.47. The van der Waals surface area contributed by atoms with Gasteiger partial charge >= 0.3 is 0 Å². The average molecular weight is 415 g/mol. The topological polar surface area (TPSA) is 46.0 Å². The first-order chi connectivity index (χ1) is 14.2. The molecule has 5 nitrogen and oxygen atoms in total. The van der Waals surface area contributed by atoms with E-state index in [4.69, 9.17) is 4.74 Å². The first kappa shape index (κ1) is 21.5. The lowest BCUT2D eigenvalue weighted by Gasteiger charge is -2.34. The fourth-order valence-electron chi connectivity index (χ4n) is 3.56. The maximum absolute atomic E-state index is 12.3. The lowest BCUT2D eigenvalue weighted by atomic mass is 10.2. The zero-order valence-corrected chi connectivity index (χ0v) is 18.3. The summed E-state index contributed by atoms with van der Waals surface area (Å²) >= 11 is 1.86.